The molecule has 1 heterocycles. The zero-order chi connectivity index (χ0) is 13.8. The third kappa shape index (κ3) is 4.04. The van der Waals surface area contributed by atoms with Crippen molar-refractivity contribution in [1.82, 2.24) is 10.3 Å². The molecule has 0 aromatic carbocycles. The van der Waals surface area contributed by atoms with Crippen LogP contribution in [0.3, 0.4) is 0 Å². The largest absolute Gasteiger partial charge is 0.481 e. The predicted octanol–water partition coefficient (Wildman–Crippen LogP) is 1.07. The summed E-state index contributed by atoms with van der Waals surface area (Å²) < 4.78 is 4.88. The minimum absolute atomic E-state index is 0.150. The van der Waals surface area contributed by atoms with Gasteiger partial charge in [0.05, 0.1) is 19.1 Å². The maximum atomic E-state index is 11.9. The van der Waals surface area contributed by atoms with Gasteiger partial charge in [0.25, 0.3) is 5.91 Å². The third-order valence-corrected chi connectivity index (χ3v) is 2.25. The Bertz CT molecular complexity index is 440. The van der Waals surface area contributed by atoms with Crippen molar-refractivity contribution in [3.63, 3.8) is 0 Å². The van der Waals surface area contributed by atoms with Gasteiger partial charge in [-0.3, -0.25) is 9.59 Å². The van der Waals surface area contributed by atoms with Crippen molar-refractivity contribution in [2.75, 3.05) is 7.11 Å². The summed E-state index contributed by atoms with van der Waals surface area (Å²) in [5, 5.41) is 11.4. The number of nitrogens with one attached hydrogen (secondary N) is 1. The number of aliphatic carboxylic acids is 1. The summed E-state index contributed by atoms with van der Waals surface area (Å²) in [6.45, 7) is 3.30. The summed E-state index contributed by atoms with van der Waals surface area (Å²) in [5.74, 6) is -0.916. The number of carboxylic acids is 1. The fourth-order valence-electron chi connectivity index (χ4n) is 1.44. The first-order valence-electron chi connectivity index (χ1n) is 5.38. The van der Waals surface area contributed by atoms with Gasteiger partial charge in [0.15, 0.2) is 0 Å². The number of carbonyl (C=O) groups excluding carboxylic acids is 1. The molecule has 1 rings (SSSR count). The zero-order valence-electron chi connectivity index (χ0n) is 10.6. The van der Waals surface area contributed by atoms with Crippen LogP contribution in [0.1, 0.15) is 30.6 Å². The van der Waals surface area contributed by atoms with Crippen molar-refractivity contribution in [2.45, 2.75) is 25.8 Å². The lowest BCUT2D eigenvalue weighted by Crippen LogP contribution is -2.44. The highest BCUT2D eigenvalue weighted by atomic mass is 16.5. The van der Waals surface area contributed by atoms with E-state index in [0.29, 0.717) is 11.4 Å². The van der Waals surface area contributed by atoms with Gasteiger partial charge in [-0.1, -0.05) is 0 Å². The number of ether oxygens (including phenoxy) is 1. The molecule has 2 N–H and O–H groups in total. The van der Waals surface area contributed by atoms with E-state index in [-0.39, 0.29) is 12.3 Å². The van der Waals surface area contributed by atoms with E-state index < -0.39 is 11.5 Å². The van der Waals surface area contributed by atoms with E-state index in [1.807, 2.05) is 0 Å². The van der Waals surface area contributed by atoms with Crippen molar-refractivity contribution >= 4 is 11.9 Å². The predicted molar refractivity (Wildman–Crippen MR) is 64.6 cm³/mol. The van der Waals surface area contributed by atoms with E-state index in [9.17, 15) is 9.59 Å². The molecular weight excluding hydrogens is 236 g/mol. The number of hydrogen-bond acceptors (Lipinski definition) is 4. The average molecular weight is 252 g/mol. The number of aromatic nitrogens is 1. The maximum absolute atomic E-state index is 11.9. The van der Waals surface area contributed by atoms with Crippen LogP contribution in [0, 0.1) is 0 Å². The minimum atomic E-state index is -0.965. The van der Waals surface area contributed by atoms with Gasteiger partial charge in [-0.25, -0.2) is 4.98 Å². The lowest BCUT2D eigenvalue weighted by Gasteiger charge is -2.24. The van der Waals surface area contributed by atoms with Crippen molar-refractivity contribution in [3.8, 4) is 5.88 Å². The molecule has 6 heteroatoms. The molecule has 0 spiro atoms. The Balaban J connectivity index is 2.72. The quantitative estimate of drug-likeness (QED) is 0.818. The number of carboxylic acid groups (broad SMARTS) is 1. The van der Waals surface area contributed by atoms with E-state index in [0.717, 1.165) is 0 Å². The van der Waals surface area contributed by atoms with Gasteiger partial charge in [0, 0.05) is 17.8 Å². The Morgan fingerprint density at radius 1 is 1.44 bits per heavy atom. The number of pyridine rings is 1. The van der Waals surface area contributed by atoms with Gasteiger partial charge < -0.3 is 15.2 Å². The molecule has 6 nitrogen and oxygen atoms in total. The van der Waals surface area contributed by atoms with Crippen LogP contribution >= 0.6 is 0 Å². The number of carbonyl (C=O) groups is 2. The molecule has 0 unspecified atom stereocenters. The topological polar surface area (TPSA) is 88.5 Å². The lowest BCUT2D eigenvalue weighted by atomic mass is 10.0. The fourth-order valence-corrected chi connectivity index (χ4v) is 1.44. The first-order valence-corrected chi connectivity index (χ1v) is 5.38. The number of rotatable bonds is 5. The Morgan fingerprint density at radius 3 is 2.56 bits per heavy atom. The molecule has 0 fully saturated rings. The van der Waals surface area contributed by atoms with E-state index in [4.69, 9.17) is 9.84 Å². The van der Waals surface area contributed by atoms with Crippen molar-refractivity contribution in [3.05, 3.63) is 23.9 Å². The van der Waals surface area contributed by atoms with Gasteiger partial charge in [-0.05, 0) is 19.9 Å². The highest BCUT2D eigenvalue weighted by molar-refractivity contribution is 5.94. The highest BCUT2D eigenvalue weighted by Crippen LogP contribution is 2.11. The molecule has 0 radical (unpaired) electrons. The highest BCUT2D eigenvalue weighted by Gasteiger charge is 2.24. The molecule has 1 aromatic rings. The molecule has 0 bridgehead atoms. The number of nitrogens with zero attached hydrogens (tertiary/aromatic N) is 1. The molecule has 1 aromatic heterocycles. The van der Waals surface area contributed by atoms with Crippen LogP contribution in [-0.2, 0) is 4.79 Å². The molecule has 98 valence electrons. The van der Waals surface area contributed by atoms with Gasteiger partial charge >= 0.3 is 5.97 Å². The molecule has 0 aliphatic carbocycles. The first kappa shape index (κ1) is 14.0. The second-order valence-electron chi connectivity index (χ2n) is 4.50. The number of amides is 1. The number of hydrogen-bond donors (Lipinski definition) is 2. The van der Waals surface area contributed by atoms with Crippen LogP contribution in [0.2, 0.25) is 0 Å². The lowest BCUT2D eigenvalue weighted by molar-refractivity contribution is -0.138. The van der Waals surface area contributed by atoms with Crippen LogP contribution in [0.4, 0.5) is 0 Å². The average Bonchev–Trinajstić information content (AvgIpc) is 2.26. The van der Waals surface area contributed by atoms with Crippen molar-refractivity contribution < 1.29 is 19.4 Å². The second-order valence-corrected chi connectivity index (χ2v) is 4.50. The first-order chi connectivity index (χ1) is 8.34. The molecule has 0 aliphatic rings. The molecule has 0 saturated carbocycles. The molecule has 0 atom stereocenters. The smallest absolute Gasteiger partial charge is 0.305 e. The molecular formula is C12H16N2O4. The van der Waals surface area contributed by atoms with E-state index >= 15 is 0 Å². The molecule has 18 heavy (non-hydrogen) atoms. The SMILES string of the molecule is COc1ccc(C(=O)NC(C)(C)CC(=O)O)cn1. The van der Waals surface area contributed by atoms with Crippen molar-refractivity contribution in [2.24, 2.45) is 0 Å². The van der Waals surface area contributed by atoms with Gasteiger partial charge in [0.1, 0.15) is 0 Å². The standard InChI is InChI=1S/C12H16N2O4/c1-12(2,6-10(15)16)14-11(17)8-4-5-9(18-3)13-7-8/h4-5,7H,6H2,1-3H3,(H,14,17)(H,15,16). The molecule has 0 aliphatic heterocycles. The maximum Gasteiger partial charge on any atom is 0.305 e. The minimum Gasteiger partial charge on any atom is -0.481 e. The van der Waals surface area contributed by atoms with E-state index in [2.05, 4.69) is 10.3 Å². The van der Waals surface area contributed by atoms with Gasteiger partial charge in [-0.2, -0.15) is 0 Å². The fraction of sp³-hybridized carbons (Fsp3) is 0.417. The summed E-state index contributed by atoms with van der Waals surface area (Å²) in [5.41, 5.74) is -0.461. The number of methoxy groups -OCH3 is 1. The van der Waals surface area contributed by atoms with Gasteiger partial charge in [-0.15, -0.1) is 0 Å². The normalized spacial score (nSPS) is 10.8. The van der Waals surface area contributed by atoms with Crippen LogP contribution in [0.15, 0.2) is 18.3 Å². The summed E-state index contributed by atoms with van der Waals surface area (Å²) >= 11 is 0. The van der Waals surface area contributed by atoms with Gasteiger partial charge in [0.2, 0.25) is 5.88 Å². The van der Waals surface area contributed by atoms with Crippen LogP contribution in [-0.4, -0.2) is 34.6 Å². The Morgan fingerprint density at radius 2 is 2.11 bits per heavy atom. The van der Waals surface area contributed by atoms with E-state index in [1.54, 1.807) is 26.0 Å². The zero-order valence-corrected chi connectivity index (χ0v) is 10.6. The van der Waals surface area contributed by atoms with Crippen LogP contribution in [0.5, 0.6) is 5.88 Å². The van der Waals surface area contributed by atoms with Crippen molar-refractivity contribution in [1.29, 1.82) is 0 Å². The summed E-state index contributed by atoms with van der Waals surface area (Å²) in [6, 6.07) is 3.14. The van der Waals surface area contributed by atoms with E-state index in [1.165, 1.54) is 13.3 Å². The molecule has 0 saturated heterocycles. The third-order valence-electron chi connectivity index (χ3n) is 2.25. The Kier molecular flexibility index (Phi) is 4.25. The van der Waals surface area contributed by atoms with Crippen LogP contribution in [0.25, 0.3) is 0 Å². The summed E-state index contributed by atoms with van der Waals surface area (Å²) in [6.07, 6.45) is 1.23. The summed E-state index contributed by atoms with van der Waals surface area (Å²) in [7, 11) is 1.48. The monoisotopic (exact) mass is 252 g/mol. The second kappa shape index (κ2) is 5.48. The molecule has 1 amide bonds. The Hall–Kier alpha value is -2.11. The van der Waals surface area contributed by atoms with Crippen LogP contribution < -0.4 is 10.1 Å². The summed E-state index contributed by atoms with van der Waals surface area (Å²) in [4.78, 5) is 26.4. The Labute approximate surface area is 105 Å².